The highest BCUT2D eigenvalue weighted by Crippen LogP contribution is 2.48. The molecule has 4 aliphatic heterocycles. The van der Waals surface area contributed by atoms with Crippen LogP contribution in [0.5, 0.6) is 11.5 Å². The Morgan fingerprint density at radius 3 is 2.93 bits per heavy atom. The lowest BCUT2D eigenvalue weighted by molar-refractivity contribution is -0.141. The predicted octanol–water partition coefficient (Wildman–Crippen LogP) is 1.96. The maximum Gasteiger partial charge on any atom is 0.270 e. The van der Waals surface area contributed by atoms with Crippen molar-refractivity contribution in [1.29, 1.82) is 0 Å². The molecule has 1 N–H and O–H groups in total. The van der Waals surface area contributed by atoms with Crippen molar-refractivity contribution < 1.29 is 19.1 Å². The number of rotatable bonds is 1. The Hall–Kier alpha value is -3.48. The number of hydrogen-bond donors (Lipinski definition) is 1. The molecule has 0 aromatic heterocycles. The molecule has 1 aliphatic carbocycles. The Morgan fingerprint density at radius 1 is 1.17 bits per heavy atom. The molecular formula is C22H19N3O4. The van der Waals surface area contributed by atoms with Gasteiger partial charge < -0.3 is 19.7 Å². The lowest BCUT2D eigenvalue weighted by Gasteiger charge is -2.39. The maximum atomic E-state index is 13.1. The Morgan fingerprint density at radius 2 is 2.03 bits per heavy atom. The highest BCUT2D eigenvalue weighted by molar-refractivity contribution is 6.08. The quantitative estimate of drug-likeness (QED) is 0.795. The minimum Gasteiger partial charge on any atom is -0.454 e. The standard InChI is InChI=1S/C22H19N3O4/c1-24-10-19(26)25-16(22(24)27)9-14-13-4-2-3-5-15(13)23-20(14)21(25)12-6-7-17-18(8-12)29-11-28-17/h2-3,5-9,13-14,23H,4,10-11H2,1H3. The molecule has 2 atom stereocenters. The summed E-state index contributed by atoms with van der Waals surface area (Å²) in [6.07, 6.45) is 9.11. The summed E-state index contributed by atoms with van der Waals surface area (Å²) in [6, 6.07) is 5.66. The van der Waals surface area contributed by atoms with Crippen LogP contribution in [-0.2, 0) is 9.59 Å². The van der Waals surface area contributed by atoms with Crippen LogP contribution in [0.2, 0.25) is 0 Å². The van der Waals surface area contributed by atoms with Gasteiger partial charge in [-0.15, -0.1) is 0 Å². The Bertz CT molecular complexity index is 1100. The number of carbonyl (C=O) groups excluding carboxylic acids is 2. The van der Waals surface area contributed by atoms with Gasteiger partial charge in [0, 0.05) is 35.8 Å². The number of carbonyl (C=O) groups is 2. The lowest BCUT2D eigenvalue weighted by atomic mass is 9.82. The van der Waals surface area contributed by atoms with Gasteiger partial charge in [0.1, 0.15) is 12.2 Å². The molecule has 4 heterocycles. The normalized spacial score (nSPS) is 26.7. The maximum absolute atomic E-state index is 13.1. The van der Waals surface area contributed by atoms with Gasteiger partial charge in [0.15, 0.2) is 11.5 Å². The Kier molecular flexibility index (Phi) is 3.27. The van der Waals surface area contributed by atoms with Crippen molar-refractivity contribution in [3.05, 3.63) is 65.2 Å². The van der Waals surface area contributed by atoms with E-state index < -0.39 is 0 Å². The average Bonchev–Trinajstić information content (AvgIpc) is 3.34. The van der Waals surface area contributed by atoms with Gasteiger partial charge in [0.05, 0.1) is 5.70 Å². The minimum atomic E-state index is -0.134. The smallest absolute Gasteiger partial charge is 0.270 e. The summed E-state index contributed by atoms with van der Waals surface area (Å²) in [6.45, 7) is 0.235. The van der Waals surface area contributed by atoms with E-state index in [1.807, 2.05) is 30.4 Å². The number of nitrogens with one attached hydrogen (secondary N) is 1. The minimum absolute atomic E-state index is 0.0149. The van der Waals surface area contributed by atoms with Crippen molar-refractivity contribution >= 4 is 17.5 Å². The fourth-order valence-corrected chi connectivity index (χ4v) is 4.76. The number of piperazine rings is 1. The lowest BCUT2D eigenvalue weighted by Crippen LogP contribution is -2.51. The summed E-state index contributed by atoms with van der Waals surface area (Å²) < 4.78 is 11.0. The molecule has 2 unspecified atom stereocenters. The number of allylic oxidation sites excluding steroid dienone is 5. The number of hydrogen-bond acceptors (Lipinski definition) is 5. The van der Waals surface area contributed by atoms with Crippen LogP contribution in [0, 0.1) is 11.8 Å². The van der Waals surface area contributed by atoms with E-state index in [4.69, 9.17) is 9.47 Å². The van der Waals surface area contributed by atoms with Gasteiger partial charge in [-0.3, -0.25) is 14.5 Å². The number of amides is 2. The number of benzene rings is 1. The van der Waals surface area contributed by atoms with Gasteiger partial charge in [0.2, 0.25) is 6.79 Å². The third kappa shape index (κ3) is 2.24. The zero-order valence-corrected chi connectivity index (χ0v) is 15.8. The summed E-state index contributed by atoms with van der Waals surface area (Å²) in [5.41, 5.74) is 4.06. The number of nitrogens with zero attached hydrogens (tertiary/aromatic N) is 2. The summed E-state index contributed by atoms with van der Waals surface area (Å²) in [7, 11) is 1.67. The van der Waals surface area contributed by atoms with Crippen LogP contribution in [0.25, 0.3) is 5.70 Å². The molecule has 6 rings (SSSR count). The molecule has 2 amide bonds. The van der Waals surface area contributed by atoms with Crippen LogP contribution in [-0.4, -0.2) is 42.0 Å². The highest BCUT2D eigenvalue weighted by Gasteiger charge is 2.46. The molecule has 0 saturated carbocycles. The van der Waals surface area contributed by atoms with Gasteiger partial charge >= 0.3 is 0 Å². The second-order valence-electron chi connectivity index (χ2n) is 7.82. The van der Waals surface area contributed by atoms with E-state index in [1.54, 1.807) is 11.9 Å². The van der Waals surface area contributed by atoms with Crippen LogP contribution in [0.3, 0.4) is 0 Å². The first-order valence-electron chi connectivity index (χ1n) is 9.70. The zero-order valence-electron chi connectivity index (χ0n) is 15.8. The van der Waals surface area contributed by atoms with E-state index in [2.05, 4.69) is 17.5 Å². The third-order valence-electron chi connectivity index (χ3n) is 6.14. The van der Waals surface area contributed by atoms with E-state index in [0.717, 1.165) is 29.1 Å². The Balaban J connectivity index is 1.56. The van der Waals surface area contributed by atoms with E-state index in [1.165, 1.54) is 4.90 Å². The zero-order chi connectivity index (χ0) is 19.7. The summed E-state index contributed by atoms with van der Waals surface area (Å²) in [5.74, 6) is 1.33. The molecule has 5 aliphatic rings. The van der Waals surface area contributed by atoms with E-state index in [9.17, 15) is 9.59 Å². The predicted molar refractivity (Wildman–Crippen MR) is 104 cm³/mol. The molecule has 0 bridgehead atoms. The van der Waals surface area contributed by atoms with Gasteiger partial charge in [-0.25, -0.2) is 0 Å². The Labute approximate surface area is 167 Å². The summed E-state index contributed by atoms with van der Waals surface area (Å²) in [4.78, 5) is 29.1. The van der Waals surface area contributed by atoms with Crippen LogP contribution < -0.4 is 14.8 Å². The molecular weight excluding hydrogens is 370 g/mol. The fraction of sp³-hybridized carbons (Fsp3) is 0.273. The second kappa shape index (κ2) is 5.76. The van der Waals surface area contributed by atoms with Crippen LogP contribution in [0.15, 0.2) is 59.6 Å². The van der Waals surface area contributed by atoms with E-state index in [0.29, 0.717) is 17.2 Å². The first-order valence-corrected chi connectivity index (χ1v) is 9.70. The molecule has 29 heavy (non-hydrogen) atoms. The number of ether oxygens (including phenoxy) is 2. The van der Waals surface area contributed by atoms with Crippen molar-refractivity contribution in [2.45, 2.75) is 6.42 Å². The van der Waals surface area contributed by atoms with Crippen LogP contribution in [0.1, 0.15) is 12.0 Å². The monoisotopic (exact) mass is 389 g/mol. The largest absolute Gasteiger partial charge is 0.454 e. The third-order valence-corrected chi connectivity index (χ3v) is 6.14. The van der Waals surface area contributed by atoms with Gasteiger partial charge in [0.25, 0.3) is 11.8 Å². The first-order chi connectivity index (χ1) is 14.1. The van der Waals surface area contributed by atoms with E-state index >= 15 is 0 Å². The van der Waals surface area contributed by atoms with Crippen molar-refractivity contribution in [3.8, 4) is 11.5 Å². The van der Waals surface area contributed by atoms with Crippen LogP contribution >= 0.6 is 0 Å². The number of likely N-dealkylation sites (N-methyl/N-ethyl adjacent to an activating group) is 1. The molecule has 7 nitrogen and oxygen atoms in total. The van der Waals surface area contributed by atoms with Crippen molar-refractivity contribution in [3.63, 3.8) is 0 Å². The molecule has 2 saturated heterocycles. The van der Waals surface area contributed by atoms with Crippen molar-refractivity contribution in [1.82, 2.24) is 15.1 Å². The van der Waals surface area contributed by atoms with Gasteiger partial charge in [-0.1, -0.05) is 12.2 Å². The van der Waals surface area contributed by atoms with Crippen LogP contribution in [0.4, 0.5) is 0 Å². The molecule has 1 aromatic rings. The molecule has 146 valence electrons. The van der Waals surface area contributed by atoms with Gasteiger partial charge in [-0.05, 0) is 36.8 Å². The molecule has 7 heteroatoms. The van der Waals surface area contributed by atoms with Crippen molar-refractivity contribution in [2.24, 2.45) is 11.8 Å². The molecule has 2 fully saturated rings. The summed E-state index contributed by atoms with van der Waals surface area (Å²) in [5, 5.41) is 3.54. The molecule has 0 spiro atoms. The fourth-order valence-electron chi connectivity index (χ4n) is 4.76. The number of fused-ring (bicyclic) bond motifs is 5. The topological polar surface area (TPSA) is 71.1 Å². The highest BCUT2D eigenvalue weighted by atomic mass is 16.7. The molecule has 0 radical (unpaired) electrons. The first kappa shape index (κ1) is 16.5. The second-order valence-corrected chi connectivity index (χ2v) is 7.82. The van der Waals surface area contributed by atoms with Crippen molar-refractivity contribution in [2.75, 3.05) is 20.4 Å². The SMILES string of the molecule is CN1CC(=O)N2C(=CC3C(=C2c2ccc4c(c2)OCO4)NC2=CC=CCC23)C1=O. The van der Waals surface area contributed by atoms with E-state index in [-0.39, 0.29) is 37.0 Å². The summed E-state index contributed by atoms with van der Waals surface area (Å²) >= 11 is 0. The van der Waals surface area contributed by atoms with Gasteiger partial charge in [-0.2, -0.15) is 0 Å². The average molecular weight is 389 g/mol. The molecule has 1 aromatic carbocycles.